The lowest BCUT2D eigenvalue weighted by molar-refractivity contribution is -0.123. The van der Waals surface area contributed by atoms with Crippen molar-refractivity contribution < 1.29 is 9.32 Å². The maximum atomic E-state index is 12.3. The second-order valence-electron chi connectivity index (χ2n) is 5.18. The highest BCUT2D eigenvalue weighted by Crippen LogP contribution is 2.48. The SMILES string of the molecule is Cc1nc(CCNC(=O)C2(c3ccccc3)CC2)no1. The van der Waals surface area contributed by atoms with Crippen LogP contribution in [0.25, 0.3) is 0 Å². The average molecular weight is 271 g/mol. The topological polar surface area (TPSA) is 68.0 Å². The van der Waals surface area contributed by atoms with E-state index in [0.717, 1.165) is 18.4 Å². The van der Waals surface area contributed by atoms with Gasteiger partial charge in [-0.1, -0.05) is 35.5 Å². The van der Waals surface area contributed by atoms with Gasteiger partial charge in [0, 0.05) is 19.9 Å². The molecule has 5 heteroatoms. The summed E-state index contributed by atoms with van der Waals surface area (Å²) >= 11 is 0. The van der Waals surface area contributed by atoms with Crippen molar-refractivity contribution in [2.24, 2.45) is 0 Å². The van der Waals surface area contributed by atoms with E-state index in [4.69, 9.17) is 4.52 Å². The van der Waals surface area contributed by atoms with Crippen LogP contribution >= 0.6 is 0 Å². The third kappa shape index (κ3) is 2.43. The summed E-state index contributed by atoms with van der Waals surface area (Å²) in [6, 6.07) is 9.97. The molecule has 0 aliphatic heterocycles. The van der Waals surface area contributed by atoms with Gasteiger partial charge >= 0.3 is 0 Å². The first kappa shape index (κ1) is 12.8. The predicted molar refractivity (Wildman–Crippen MR) is 73.1 cm³/mol. The Hall–Kier alpha value is -2.17. The van der Waals surface area contributed by atoms with Gasteiger partial charge in [0.2, 0.25) is 11.8 Å². The van der Waals surface area contributed by atoms with E-state index in [1.54, 1.807) is 6.92 Å². The van der Waals surface area contributed by atoms with E-state index in [-0.39, 0.29) is 11.3 Å². The molecule has 0 unspecified atom stereocenters. The molecular weight excluding hydrogens is 254 g/mol. The second kappa shape index (κ2) is 5.07. The summed E-state index contributed by atoms with van der Waals surface area (Å²) in [6.07, 6.45) is 2.43. The maximum absolute atomic E-state index is 12.3. The Morgan fingerprint density at radius 2 is 2.10 bits per heavy atom. The quantitative estimate of drug-likeness (QED) is 0.900. The van der Waals surface area contributed by atoms with Crippen molar-refractivity contribution in [2.75, 3.05) is 6.54 Å². The lowest BCUT2D eigenvalue weighted by Gasteiger charge is -2.15. The predicted octanol–water partition coefficient (Wildman–Crippen LogP) is 1.77. The van der Waals surface area contributed by atoms with Gasteiger partial charge in [0.25, 0.3) is 0 Å². The van der Waals surface area contributed by atoms with Crippen molar-refractivity contribution in [3.8, 4) is 0 Å². The number of nitrogens with zero attached hydrogens (tertiary/aromatic N) is 2. The van der Waals surface area contributed by atoms with Gasteiger partial charge < -0.3 is 9.84 Å². The molecule has 1 fully saturated rings. The maximum Gasteiger partial charge on any atom is 0.230 e. The molecule has 0 radical (unpaired) electrons. The molecule has 0 bridgehead atoms. The Morgan fingerprint density at radius 1 is 1.35 bits per heavy atom. The molecule has 20 heavy (non-hydrogen) atoms. The summed E-state index contributed by atoms with van der Waals surface area (Å²) in [7, 11) is 0. The minimum Gasteiger partial charge on any atom is -0.355 e. The zero-order chi connectivity index (χ0) is 14.0. The second-order valence-corrected chi connectivity index (χ2v) is 5.18. The van der Waals surface area contributed by atoms with Crippen LogP contribution in [-0.2, 0) is 16.6 Å². The Labute approximate surface area is 117 Å². The van der Waals surface area contributed by atoms with Crippen LogP contribution in [0.15, 0.2) is 34.9 Å². The van der Waals surface area contributed by atoms with Gasteiger partial charge in [-0.15, -0.1) is 0 Å². The Morgan fingerprint density at radius 3 is 2.70 bits per heavy atom. The number of aromatic nitrogens is 2. The number of hydrogen-bond donors (Lipinski definition) is 1. The van der Waals surface area contributed by atoms with Crippen molar-refractivity contribution in [1.82, 2.24) is 15.5 Å². The summed E-state index contributed by atoms with van der Waals surface area (Å²) < 4.78 is 4.90. The van der Waals surface area contributed by atoms with Crippen molar-refractivity contribution in [3.63, 3.8) is 0 Å². The average Bonchev–Trinajstić information content (AvgIpc) is 3.18. The minimum atomic E-state index is -0.311. The molecule has 104 valence electrons. The van der Waals surface area contributed by atoms with Crippen LogP contribution in [0.5, 0.6) is 0 Å². The summed E-state index contributed by atoms with van der Waals surface area (Å²) in [5.41, 5.74) is 0.793. The molecule has 0 saturated heterocycles. The highest BCUT2D eigenvalue weighted by atomic mass is 16.5. The lowest BCUT2D eigenvalue weighted by Crippen LogP contribution is -2.36. The minimum absolute atomic E-state index is 0.101. The highest BCUT2D eigenvalue weighted by Gasteiger charge is 2.50. The first-order chi connectivity index (χ1) is 9.71. The van der Waals surface area contributed by atoms with Gasteiger partial charge in [-0.2, -0.15) is 4.98 Å². The largest absolute Gasteiger partial charge is 0.355 e. The van der Waals surface area contributed by atoms with Crippen molar-refractivity contribution >= 4 is 5.91 Å². The number of carbonyl (C=O) groups excluding carboxylic acids is 1. The molecule has 0 spiro atoms. The number of nitrogens with one attached hydrogen (secondary N) is 1. The summed E-state index contributed by atoms with van der Waals surface area (Å²) in [6.45, 7) is 2.29. The van der Waals surface area contributed by atoms with E-state index in [2.05, 4.69) is 15.5 Å². The van der Waals surface area contributed by atoms with Crippen LogP contribution in [-0.4, -0.2) is 22.6 Å². The highest BCUT2D eigenvalue weighted by molar-refractivity contribution is 5.91. The molecule has 2 aromatic rings. The molecule has 1 aliphatic rings. The van der Waals surface area contributed by atoms with E-state index in [1.165, 1.54) is 0 Å². The zero-order valence-electron chi connectivity index (χ0n) is 11.4. The van der Waals surface area contributed by atoms with Gasteiger partial charge in [0.15, 0.2) is 5.82 Å². The number of aryl methyl sites for hydroxylation is 1. The van der Waals surface area contributed by atoms with Gasteiger partial charge in [-0.25, -0.2) is 0 Å². The van der Waals surface area contributed by atoms with E-state index in [0.29, 0.717) is 24.7 Å². The van der Waals surface area contributed by atoms with Crippen molar-refractivity contribution in [1.29, 1.82) is 0 Å². The van der Waals surface area contributed by atoms with Crippen molar-refractivity contribution in [3.05, 3.63) is 47.6 Å². The standard InChI is InChI=1S/C15H17N3O2/c1-11-17-13(18-20-11)7-10-16-14(19)15(8-9-15)12-5-3-2-4-6-12/h2-6H,7-10H2,1H3,(H,16,19). The molecule has 1 amide bonds. The number of rotatable bonds is 5. The van der Waals surface area contributed by atoms with E-state index in [9.17, 15) is 4.79 Å². The Balaban J connectivity index is 1.57. The number of carbonyl (C=O) groups is 1. The fourth-order valence-electron chi connectivity index (χ4n) is 2.43. The molecule has 5 nitrogen and oxygen atoms in total. The molecule has 0 atom stereocenters. The lowest BCUT2D eigenvalue weighted by atomic mass is 9.95. The van der Waals surface area contributed by atoms with Gasteiger partial charge in [0.1, 0.15) is 0 Å². The number of benzene rings is 1. The fraction of sp³-hybridized carbons (Fsp3) is 0.400. The monoisotopic (exact) mass is 271 g/mol. The summed E-state index contributed by atoms with van der Waals surface area (Å²) in [4.78, 5) is 16.5. The molecular formula is C15H17N3O2. The van der Waals surface area contributed by atoms with Gasteiger partial charge in [-0.3, -0.25) is 4.79 Å². The molecule has 1 aliphatic carbocycles. The Bertz CT molecular complexity index is 603. The first-order valence-electron chi connectivity index (χ1n) is 6.84. The van der Waals surface area contributed by atoms with Crippen LogP contribution in [0.2, 0.25) is 0 Å². The smallest absolute Gasteiger partial charge is 0.230 e. The number of hydrogen-bond acceptors (Lipinski definition) is 4. The summed E-state index contributed by atoms with van der Waals surface area (Å²) in [5.74, 6) is 1.28. The van der Waals surface area contributed by atoms with Gasteiger partial charge in [0.05, 0.1) is 5.41 Å². The fourth-order valence-corrected chi connectivity index (χ4v) is 2.43. The van der Waals surface area contributed by atoms with Gasteiger partial charge in [-0.05, 0) is 18.4 Å². The third-order valence-corrected chi connectivity index (χ3v) is 3.71. The summed E-state index contributed by atoms with van der Waals surface area (Å²) in [5, 5.41) is 6.79. The molecule has 1 saturated carbocycles. The number of amides is 1. The van der Waals surface area contributed by atoms with E-state index < -0.39 is 0 Å². The van der Waals surface area contributed by atoms with Crippen LogP contribution in [0.3, 0.4) is 0 Å². The van der Waals surface area contributed by atoms with Crippen molar-refractivity contribution in [2.45, 2.75) is 31.6 Å². The van der Waals surface area contributed by atoms with Crippen LogP contribution in [0, 0.1) is 6.92 Å². The molecule has 1 N–H and O–H groups in total. The first-order valence-corrected chi connectivity index (χ1v) is 6.84. The van der Waals surface area contributed by atoms with E-state index in [1.807, 2.05) is 30.3 Å². The van der Waals surface area contributed by atoms with E-state index >= 15 is 0 Å². The third-order valence-electron chi connectivity index (χ3n) is 3.71. The molecule has 1 aromatic heterocycles. The Kier molecular flexibility index (Phi) is 3.26. The zero-order valence-corrected chi connectivity index (χ0v) is 11.4. The normalized spacial score (nSPS) is 15.8. The molecule has 1 aromatic carbocycles. The molecule has 3 rings (SSSR count). The van der Waals surface area contributed by atoms with Crippen LogP contribution in [0.4, 0.5) is 0 Å². The van der Waals surface area contributed by atoms with Crippen LogP contribution < -0.4 is 5.32 Å². The van der Waals surface area contributed by atoms with Crippen LogP contribution in [0.1, 0.15) is 30.1 Å². The molecule has 1 heterocycles.